The number of hydrogen-bond acceptors (Lipinski definition) is 8. The smallest absolute Gasteiger partial charge is 0.320 e. The monoisotopic (exact) mass is 522 g/mol. The number of fused-ring (bicyclic) bond motifs is 1. The molecule has 1 unspecified atom stereocenters. The number of nitrogens with one attached hydrogen (secondary N) is 2. The quantitative estimate of drug-likeness (QED) is 0.539. The van der Waals surface area contributed by atoms with E-state index in [0.29, 0.717) is 38.0 Å². The number of nitrogens with zero attached hydrogens (tertiary/aromatic N) is 8. The van der Waals surface area contributed by atoms with Gasteiger partial charge in [-0.05, 0) is 39.3 Å². The summed E-state index contributed by atoms with van der Waals surface area (Å²) in [5, 5.41) is 11.0. The number of anilines is 2. The molecule has 3 saturated heterocycles. The van der Waals surface area contributed by atoms with Crippen molar-refractivity contribution in [2.45, 2.75) is 51.5 Å². The van der Waals surface area contributed by atoms with Gasteiger partial charge in [-0.25, -0.2) is 24.1 Å². The van der Waals surface area contributed by atoms with Crippen molar-refractivity contribution in [1.29, 1.82) is 0 Å². The molecule has 202 valence electrons. The van der Waals surface area contributed by atoms with Gasteiger partial charge in [0.05, 0.1) is 12.7 Å². The first-order valence-corrected chi connectivity index (χ1v) is 13.5. The van der Waals surface area contributed by atoms with Crippen LogP contribution in [0.4, 0.5) is 21.0 Å². The number of piperazine rings is 2. The standard InChI is InChI=1S/C26H35FN10O/c1-16-12-34(9-7-28-16)22-5-4-19(10-29-22)23-24-21(32-33-23)11-30-25(31-24)37-17(2)13-36(14-18(37)3)26(38)35-8-6-20(27)15-35/h4-5,10-11,16-18,20,28H,6-9,12-15H2,1-3H3,(H,32,33)/t16-,17-,18+,20?/m1/s1. The van der Waals surface area contributed by atoms with Crippen LogP contribution >= 0.6 is 0 Å². The molecular weight excluding hydrogens is 487 g/mol. The van der Waals surface area contributed by atoms with Crippen molar-refractivity contribution in [2.75, 3.05) is 55.6 Å². The van der Waals surface area contributed by atoms with Crippen molar-refractivity contribution in [1.82, 2.24) is 40.3 Å². The van der Waals surface area contributed by atoms with Crippen LogP contribution in [0.1, 0.15) is 27.2 Å². The minimum Gasteiger partial charge on any atom is -0.354 e. The Balaban J connectivity index is 1.21. The van der Waals surface area contributed by atoms with E-state index in [-0.39, 0.29) is 24.7 Å². The number of likely N-dealkylation sites (tertiary alicyclic amines) is 1. The van der Waals surface area contributed by atoms with Gasteiger partial charge in [0, 0.05) is 69.2 Å². The van der Waals surface area contributed by atoms with Gasteiger partial charge in [-0.3, -0.25) is 5.10 Å². The molecule has 0 aromatic carbocycles. The normalized spacial score (nSPS) is 26.4. The molecule has 4 atom stereocenters. The number of aromatic amines is 1. The third kappa shape index (κ3) is 4.61. The third-order valence-corrected chi connectivity index (χ3v) is 7.82. The Hall–Kier alpha value is -3.54. The van der Waals surface area contributed by atoms with Gasteiger partial charge in [-0.1, -0.05) is 0 Å². The van der Waals surface area contributed by atoms with Crippen molar-refractivity contribution < 1.29 is 9.18 Å². The van der Waals surface area contributed by atoms with Gasteiger partial charge in [0.25, 0.3) is 0 Å². The van der Waals surface area contributed by atoms with Gasteiger partial charge in [0.1, 0.15) is 28.7 Å². The van der Waals surface area contributed by atoms with Crippen LogP contribution < -0.4 is 15.1 Å². The summed E-state index contributed by atoms with van der Waals surface area (Å²) >= 11 is 0. The Kier molecular flexibility index (Phi) is 6.50. The lowest BCUT2D eigenvalue weighted by Gasteiger charge is -2.45. The molecule has 11 nitrogen and oxygen atoms in total. The van der Waals surface area contributed by atoms with Gasteiger partial charge in [0.2, 0.25) is 5.95 Å². The number of alkyl halides is 1. The third-order valence-electron chi connectivity index (χ3n) is 7.82. The van der Waals surface area contributed by atoms with Crippen LogP contribution in [0.2, 0.25) is 0 Å². The topological polar surface area (TPSA) is 109 Å². The molecular formula is C26H35FN10O. The van der Waals surface area contributed by atoms with Crippen molar-refractivity contribution in [3.8, 4) is 11.3 Å². The number of halogens is 1. The molecule has 0 bridgehead atoms. The van der Waals surface area contributed by atoms with E-state index in [4.69, 9.17) is 9.97 Å². The van der Waals surface area contributed by atoms with E-state index in [9.17, 15) is 9.18 Å². The largest absolute Gasteiger partial charge is 0.354 e. The van der Waals surface area contributed by atoms with E-state index in [1.807, 2.05) is 23.2 Å². The Bertz CT molecular complexity index is 1290. The van der Waals surface area contributed by atoms with Crippen LogP contribution in [0.5, 0.6) is 0 Å². The van der Waals surface area contributed by atoms with Crippen molar-refractivity contribution >= 4 is 28.8 Å². The molecule has 2 N–H and O–H groups in total. The average Bonchev–Trinajstić information content (AvgIpc) is 3.54. The lowest BCUT2D eigenvalue weighted by atomic mass is 10.1. The van der Waals surface area contributed by atoms with Gasteiger partial charge < -0.3 is 24.9 Å². The zero-order valence-electron chi connectivity index (χ0n) is 22.1. The first-order valence-electron chi connectivity index (χ1n) is 13.5. The summed E-state index contributed by atoms with van der Waals surface area (Å²) in [6.45, 7) is 10.9. The van der Waals surface area contributed by atoms with Crippen LogP contribution in [0.3, 0.4) is 0 Å². The van der Waals surface area contributed by atoms with Crippen molar-refractivity contribution in [3.05, 3.63) is 24.5 Å². The first kappa shape index (κ1) is 24.8. The number of urea groups is 1. The van der Waals surface area contributed by atoms with Gasteiger partial charge in [-0.2, -0.15) is 5.10 Å². The Morgan fingerprint density at radius 1 is 1.00 bits per heavy atom. The highest BCUT2D eigenvalue weighted by atomic mass is 19.1. The lowest BCUT2D eigenvalue weighted by molar-refractivity contribution is 0.141. The minimum absolute atomic E-state index is 0.00153. The first-order chi connectivity index (χ1) is 18.4. The minimum atomic E-state index is -0.920. The molecule has 12 heteroatoms. The SMILES string of the molecule is C[C@@H]1CN(c2ccc(-c3n[nH]c4cnc(N5[C@H](C)CN(C(=O)N6CCC(F)C6)C[C@@H]5C)nc34)cn2)CCN1. The second-order valence-electron chi connectivity index (χ2n) is 10.8. The maximum atomic E-state index is 13.7. The molecule has 3 aliphatic heterocycles. The summed E-state index contributed by atoms with van der Waals surface area (Å²) in [6.07, 6.45) is 3.12. The van der Waals surface area contributed by atoms with Crippen LogP contribution in [0, 0.1) is 0 Å². The number of carbonyl (C=O) groups excluding carboxylic acids is 1. The summed E-state index contributed by atoms with van der Waals surface area (Å²) in [5.41, 5.74) is 3.12. The molecule has 3 aromatic rings. The molecule has 0 spiro atoms. The summed E-state index contributed by atoms with van der Waals surface area (Å²) in [6, 6.07) is 4.44. The highest BCUT2D eigenvalue weighted by molar-refractivity contribution is 5.89. The van der Waals surface area contributed by atoms with E-state index >= 15 is 0 Å². The molecule has 3 aromatic heterocycles. The Morgan fingerprint density at radius 2 is 1.82 bits per heavy atom. The van der Waals surface area contributed by atoms with Crippen LogP contribution in [-0.4, -0.2) is 111 Å². The number of carbonyl (C=O) groups is 1. The van der Waals surface area contributed by atoms with E-state index in [2.05, 4.69) is 51.1 Å². The number of amides is 2. The van der Waals surface area contributed by atoms with Crippen molar-refractivity contribution in [2.24, 2.45) is 0 Å². The molecule has 0 saturated carbocycles. The molecule has 6 heterocycles. The maximum Gasteiger partial charge on any atom is 0.320 e. The Morgan fingerprint density at radius 3 is 2.50 bits per heavy atom. The number of H-pyrrole nitrogens is 1. The molecule has 6 rings (SSSR count). The van der Waals surface area contributed by atoms with Gasteiger partial charge in [-0.15, -0.1) is 0 Å². The summed E-state index contributed by atoms with van der Waals surface area (Å²) in [7, 11) is 0. The number of rotatable bonds is 3. The summed E-state index contributed by atoms with van der Waals surface area (Å²) < 4.78 is 13.7. The van der Waals surface area contributed by atoms with Crippen LogP contribution in [0.25, 0.3) is 22.3 Å². The zero-order valence-corrected chi connectivity index (χ0v) is 22.1. The molecule has 0 radical (unpaired) electrons. The fourth-order valence-corrected chi connectivity index (χ4v) is 5.95. The molecule has 0 aliphatic carbocycles. The predicted molar refractivity (Wildman–Crippen MR) is 144 cm³/mol. The number of aromatic nitrogens is 5. The highest BCUT2D eigenvalue weighted by Gasteiger charge is 2.37. The zero-order chi connectivity index (χ0) is 26.4. The second-order valence-corrected chi connectivity index (χ2v) is 10.8. The van der Waals surface area contributed by atoms with Gasteiger partial charge >= 0.3 is 6.03 Å². The lowest BCUT2D eigenvalue weighted by Crippen LogP contribution is -2.60. The van der Waals surface area contributed by atoms with Crippen molar-refractivity contribution in [3.63, 3.8) is 0 Å². The summed E-state index contributed by atoms with van der Waals surface area (Å²) in [5.74, 6) is 1.57. The fraction of sp³-hybridized carbons (Fsp3) is 0.577. The molecule has 3 fully saturated rings. The molecule has 38 heavy (non-hydrogen) atoms. The Labute approximate surface area is 221 Å². The van der Waals surface area contributed by atoms with E-state index in [1.165, 1.54) is 0 Å². The fourth-order valence-electron chi connectivity index (χ4n) is 5.95. The van der Waals surface area contributed by atoms with Crippen LogP contribution in [0.15, 0.2) is 24.5 Å². The van der Waals surface area contributed by atoms with Crippen LogP contribution in [-0.2, 0) is 0 Å². The highest BCUT2D eigenvalue weighted by Crippen LogP contribution is 2.29. The second kappa shape index (κ2) is 9.97. The van der Waals surface area contributed by atoms with E-state index in [1.54, 1.807) is 11.1 Å². The van der Waals surface area contributed by atoms with E-state index in [0.717, 1.165) is 47.7 Å². The van der Waals surface area contributed by atoms with Gasteiger partial charge in [0.15, 0.2) is 0 Å². The molecule has 3 aliphatic rings. The number of pyridine rings is 1. The number of hydrogen-bond donors (Lipinski definition) is 2. The molecule has 2 amide bonds. The maximum absolute atomic E-state index is 13.7. The van der Waals surface area contributed by atoms with E-state index < -0.39 is 6.17 Å². The average molecular weight is 523 g/mol. The predicted octanol–water partition coefficient (Wildman–Crippen LogP) is 2.28. The summed E-state index contributed by atoms with van der Waals surface area (Å²) in [4.78, 5) is 35.2.